The molecule has 2 heterocycles. The molecule has 3 aromatic rings. The van der Waals surface area contributed by atoms with E-state index in [1.165, 1.54) is 0 Å². The first-order valence-corrected chi connectivity index (χ1v) is 4.73. The number of hydrogen-bond acceptors (Lipinski definition) is 2. The smallest absolute Gasteiger partial charge is 0.305 e. The van der Waals surface area contributed by atoms with E-state index < -0.39 is 0 Å². The van der Waals surface area contributed by atoms with Crippen LogP contribution in [0, 0.1) is 6.92 Å². The summed E-state index contributed by atoms with van der Waals surface area (Å²) in [4.78, 5) is 21.2. The van der Waals surface area contributed by atoms with E-state index in [1.54, 1.807) is 0 Å². The summed E-state index contributed by atoms with van der Waals surface area (Å²) in [6.07, 6.45) is 0. The highest BCUT2D eigenvalue weighted by atomic mass is 16.1. The Morgan fingerprint density at radius 2 is 1.87 bits per heavy atom. The van der Waals surface area contributed by atoms with Crippen molar-refractivity contribution in [3.05, 3.63) is 40.4 Å². The van der Waals surface area contributed by atoms with Crippen molar-refractivity contribution >= 4 is 21.9 Å². The number of H-pyrrole nitrogens is 2. The minimum absolute atomic E-state index is 0.189. The van der Waals surface area contributed by atoms with Gasteiger partial charge in [0, 0.05) is 5.39 Å². The molecule has 15 heavy (non-hydrogen) atoms. The fourth-order valence-electron chi connectivity index (χ4n) is 1.88. The van der Waals surface area contributed by atoms with Crippen LogP contribution in [0.5, 0.6) is 0 Å². The molecule has 0 radical (unpaired) electrons. The van der Waals surface area contributed by atoms with Gasteiger partial charge in [-0.15, -0.1) is 0 Å². The van der Waals surface area contributed by atoms with Crippen molar-refractivity contribution in [2.75, 3.05) is 0 Å². The Bertz CT molecular complexity index is 708. The van der Waals surface area contributed by atoms with Crippen LogP contribution < -0.4 is 5.69 Å². The summed E-state index contributed by atoms with van der Waals surface area (Å²) >= 11 is 0. The van der Waals surface area contributed by atoms with E-state index in [1.807, 2.05) is 31.2 Å². The first-order valence-electron chi connectivity index (χ1n) is 4.73. The molecule has 2 N–H and O–H groups in total. The summed E-state index contributed by atoms with van der Waals surface area (Å²) in [6, 6.07) is 7.76. The standard InChI is InChI=1S/C11H9N3O/c1-6-9-10(14-11(15)13-9)7-4-2-3-5-8(7)12-6/h2-5H,1H3,(H2,13,14,15). The fraction of sp³-hybridized carbons (Fsp3) is 0.0909. The number of aromatic amines is 2. The number of aryl methyl sites for hydroxylation is 1. The molecule has 0 bridgehead atoms. The van der Waals surface area contributed by atoms with Crippen molar-refractivity contribution in [3.8, 4) is 0 Å². The number of nitrogens with one attached hydrogen (secondary N) is 2. The number of para-hydroxylation sites is 1. The van der Waals surface area contributed by atoms with Crippen molar-refractivity contribution in [2.45, 2.75) is 6.92 Å². The molecule has 0 atom stereocenters. The molecule has 74 valence electrons. The predicted octanol–water partition coefficient (Wildman–Crippen LogP) is 1.71. The first kappa shape index (κ1) is 8.23. The maximum Gasteiger partial charge on any atom is 0.323 e. The fourth-order valence-corrected chi connectivity index (χ4v) is 1.88. The van der Waals surface area contributed by atoms with Gasteiger partial charge in [0.1, 0.15) is 0 Å². The number of aromatic nitrogens is 3. The van der Waals surface area contributed by atoms with Crippen LogP contribution in [-0.2, 0) is 0 Å². The molecule has 0 aliphatic heterocycles. The summed E-state index contributed by atoms with van der Waals surface area (Å²) in [5.74, 6) is 0. The summed E-state index contributed by atoms with van der Waals surface area (Å²) in [6.45, 7) is 1.89. The number of hydrogen-bond donors (Lipinski definition) is 2. The van der Waals surface area contributed by atoms with Crippen molar-refractivity contribution < 1.29 is 0 Å². The van der Waals surface area contributed by atoms with E-state index in [0.29, 0.717) is 0 Å². The number of nitrogens with zero attached hydrogens (tertiary/aromatic N) is 1. The van der Waals surface area contributed by atoms with Crippen LogP contribution in [-0.4, -0.2) is 15.0 Å². The molecule has 1 aromatic carbocycles. The van der Waals surface area contributed by atoms with Crippen molar-refractivity contribution in [3.63, 3.8) is 0 Å². The van der Waals surface area contributed by atoms with Gasteiger partial charge < -0.3 is 9.97 Å². The van der Waals surface area contributed by atoms with E-state index in [9.17, 15) is 4.79 Å². The Labute approximate surface area is 85.0 Å². The van der Waals surface area contributed by atoms with E-state index in [4.69, 9.17) is 0 Å². The zero-order chi connectivity index (χ0) is 10.4. The van der Waals surface area contributed by atoms with Gasteiger partial charge in [-0.25, -0.2) is 4.79 Å². The van der Waals surface area contributed by atoms with Gasteiger partial charge in [0.05, 0.1) is 22.2 Å². The van der Waals surface area contributed by atoms with Crippen LogP contribution in [0.4, 0.5) is 0 Å². The van der Waals surface area contributed by atoms with Gasteiger partial charge in [-0.1, -0.05) is 18.2 Å². The molecule has 0 amide bonds. The SMILES string of the molecule is Cc1nc2ccccc2c2[nH]c(=O)[nH]c12. The van der Waals surface area contributed by atoms with Crippen LogP contribution in [0.3, 0.4) is 0 Å². The highest BCUT2D eigenvalue weighted by Gasteiger charge is 2.07. The van der Waals surface area contributed by atoms with Crippen LogP contribution >= 0.6 is 0 Å². The number of benzene rings is 1. The van der Waals surface area contributed by atoms with Gasteiger partial charge >= 0.3 is 5.69 Å². The normalized spacial score (nSPS) is 11.3. The van der Waals surface area contributed by atoms with E-state index in [0.717, 1.165) is 27.6 Å². The third-order valence-corrected chi connectivity index (χ3v) is 2.55. The maximum absolute atomic E-state index is 11.2. The van der Waals surface area contributed by atoms with Crippen molar-refractivity contribution in [1.82, 2.24) is 15.0 Å². The largest absolute Gasteiger partial charge is 0.323 e. The molecule has 0 saturated carbocycles. The summed E-state index contributed by atoms with van der Waals surface area (Å²) in [7, 11) is 0. The summed E-state index contributed by atoms with van der Waals surface area (Å²) in [5, 5.41) is 0.969. The predicted molar refractivity (Wildman–Crippen MR) is 59.0 cm³/mol. The zero-order valence-corrected chi connectivity index (χ0v) is 8.16. The van der Waals surface area contributed by atoms with Crippen LogP contribution in [0.25, 0.3) is 21.9 Å². The van der Waals surface area contributed by atoms with Gasteiger partial charge in [-0.2, -0.15) is 0 Å². The lowest BCUT2D eigenvalue weighted by Gasteiger charge is -2.00. The lowest BCUT2D eigenvalue weighted by Crippen LogP contribution is -1.99. The minimum Gasteiger partial charge on any atom is -0.305 e. The van der Waals surface area contributed by atoms with Crippen LogP contribution in [0.1, 0.15) is 5.69 Å². The molecule has 0 aliphatic rings. The molecule has 0 unspecified atom stereocenters. The Morgan fingerprint density at radius 1 is 1.13 bits per heavy atom. The topological polar surface area (TPSA) is 61.5 Å². The lowest BCUT2D eigenvalue weighted by molar-refractivity contribution is 1.20. The maximum atomic E-state index is 11.2. The van der Waals surface area contributed by atoms with E-state index in [-0.39, 0.29) is 5.69 Å². The third kappa shape index (κ3) is 1.08. The Morgan fingerprint density at radius 3 is 2.73 bits per heavy atom. The molecule has 0 saturated heterocycles. The Kier molecular flexibility index (Phi) is 1.48. The van der Waals surface area contributed by atoms with Gasteiger partial charge in [0.25, 0.3) is 0 Å². The molecule has 2 aromatic heterocycles. The molecular formula is C11H9N3O. The molecule has 3 rings (SSSR count). The van der Waals surface area contributed by atoms with Crippen molar-refractivity contribution in [2.24, 2.45) is 0 Å². The molecule has 0 fully saturated rings. The van der Waals surface area contributed by atoms with E-state index in [2.05, 4.69) is 15.0 Å². The minimum atomic E-state index is -0.189. The Hall–Kier alpha value is -2.10. The average Bonchev–Trinajstić information content (AvgIpc) is 2.61. The second-order valence-corrected chi connectivity index (χ2v) is 3.54. The van der Waals surface area contributed by atoms with Gasteiger partial charge in [0.15, 0.2) is 0 Å². The third-order valence-electron chi connectivity index (χ3n) is 2.55. The zero-order valence-electron chi connectivity index (χ0n) is 8.16. The molecule has 4 heteroatoms. The lowest BCUT2D eigenvalue weighted by atomic mass is 10.1. The second kappa shape index (κ2) is 2.70. The van der Waals surface area contributed by atoms with Crippen molar-refractivity contribution in [1.29, 1.82) is 0 Å². The van der Waals surface area contributed by atoms with E-state index >= 15 is 0 Å². The quantitative estimate of drug-likeness (QED) is 0.579. The van der Waals surface area contributed by atoms with Gasteiger partial charge in [-0.3, -0.25) is 4.98 Å². The second-order valence-electron chi connectivity index (χ2n) is 3.54. The average molecular weight is 199 g/mol. The number of pyridine rings is 1. The molecular weight excluding hydrogens is 190 g/mol. The number of rotatable bonds is 0. The number of fused-ring (bicyclic) bond motifs is 3. The van der Waals surface area contributed by atoms with Gasteiger partial charge in [-0.05, 0) is 13.0 Å². The van der Waals surface area contributed by atoms with Gasteiger partial charge in [0.2, 0.25) is 0 Å². The van der Waals surface area contributed by atoms with Crippen LogP contribution in [0.2, 0.25) is 0 Å². The highest BCUT2D eigenvalue weighted by Crippen LogP contribution is 2.21. The summed E-state index contributed by atoms with van der Waals surface area (Å²) in [5.41, 5.74) is 3.17. The Balaban J connectivity index is 2.69. The monoisotopic (exact) mass is 199 g/mol. The highest BCUT2D eigenvalue weighted by molar-refractivity contribution is 6.02. The number of imidazole rings is 1. The molecule has 4 nitrogen and oxygen atoms in total. The molecule has 0 aliphatic carbocycles. The van der Waals surface area contributed by atoms with Crippen LogP contribution in [0.15, 0.2) is 29.1 Å². The summed E-state index contributed by atoms with van der Waals surface area (Å²) < 4.78 is 0. The first-order chi connectivity index (χ1) is 7.25. The molecule has 0 spiro atoms.